The Morgan fingerprint density at radius 2 is 2.15 bits per heavy atom. The van der Waals surface area contributed by atoms with Crippen molar-refractivity contribution in [3.63, 3.8) is 0 Å². The predicted octanol–water partition coefficient (Wildman–Crippen LogP) is -0.389. The van der Waals surface area contributed by atoms with Gasteiger partial charge in [-0.2, -0.15) is 0 Å². The Hall–Kier alpha value is -3.14. The van der Waals surface area contributed by atoms with Crippen LogP contribution >= 0.6 is 0 Å². The van der Waals surface area contributed by atoms with Gasteiger partial charge in [-0.3, -0.25) is 10.1 Å². The third-order valence-electron chi connectivity index (χ3n) is 1.97. The van der Waals surface area contributed by atoms with Gasteiger partial charge >= 0.3 is 11.6 Å². The van der Waals surface area contributed by atoms with Crippen LogP contribution in [0.1, 0.15) is 10.4 Å². The molecule has 1 N–H and O–H groups in total. The van der Waals surface area contributed by atoms with Gasteiger partial charge in [0, 0.05) is 10.1 Å². The first-order valence-corrected chi connectivity index (χ1v) is 5.11. The fraction of sp³-hybridized carbons (Fsp3) is 0.0769. The van der Waals surface area contributed by atoms with Crippen molar-refractivity contribution in [2.45, 2.75) is 0 Å². The first kappa shape index (κ1) is 16.9. The standard InChI is InChI=1S/C11H9NO6.C2H2/c1-2-3-9-7(4-5-12(16)17)6-8(10(13)14)11(15)18-9;1-2/h2-4,6H,1,5H2,(H,13,14);1-2H/b7-4-,9-3+;. The van der Waals surface area contributed by atoms with Gasteiger partial charge in [-0.15, -0.1) is 12.8 Å². The summed E-state index contributed by atoms with van der Waals surface area (Å²) in [5, 5.41) is 19.2. The van der Waals surface area contributed by atoms with Gasteiger partial charge in [0.1, 0.15) is 11.0 Å². The van der Waals surface area contributed by atoms with Crippen LogP contribution in [0.3, 0.4) is 0 Å². The SMILES string of the molecule is C#C.C=C/C=c1/oc(=O)c(C(=O)O)c/c1=C/C[N+](=O)[O-]. The van der Waals surface area contributed by atoms with Gasteiger partial charge in [0.25, 0.3) is 0 Å². The van der Waals surface area contributed by atoms with E-state index in [9.17, 15) is 19.7 Å². The number of carboxylic acids is 1. The van der Waals surface area contributed by atoms with Crippen LogP contribution in [-0.4, -0.2) is 22.5 Å². The summed E-state index contributed by atoms with van der Waals surface area (Å²) in [5.41, 5.74) is -1.57. The van der Waals surface area contributed by atoms with E-state index >= 15 is 0 Å². The van der Waals surface area contributed by atoms with Crippen molar-refractivity contribution >= 4 is 18.1 Å². The second kappa shape index (κ2) is 8.05. The highest BCUT2D eigenvalue weighted by Gasteiger charge is 2.10. The Balaban J connectivity index is 0.00000172. The number of rotatable bonds is 4. The van der Waals surface area contributed by atoms with Crippen molar-refractivity contribution in [1.82, 2.24) is 0 Å². The van der Waals surface area contributed by atoms with Crippen LogP contribution in [0.25, 0.3) is 12.2 Å². The smallest absolute Gasteiger partial charge is 0.351 e. The molecule has 104 valence electrons. The van der Waals surface area contributed by atoms with E-state index in [1.807, 2.05) is 0 Å². The van der Waals surface area contributed by atoms with E-state index in [-0.39, 0.29) is 10.6 Å². The fourth-order valence-electron chi connectivity index (χ4n) is 1.22. The zero-order valence-electron chi connectivity index (χ0n) is 10.3. The van der Waals surface area contributed by atoms with Gasteiger partial charge in [-0.25, -0.2) is 9.59 Å². The Labute approximate surface area is 113 Å². The molecule has 0 atom stereocenters. The molecule has 0 amide bonds. The van der Waals surface area contributed by atoms with Crippen LogP contribution in [0.15, 0.2) is 27.9 Å². The zero-order valence-corrected chi connectivity index (χ0v) is 10.3. The molecule has 0 aliphatic carbocycles. The highest BCUT2D eigenvalue weighted by atomic mass is 16.6. The molecule has 0 fully saturated rings. The minimum atomic E-state index is -1.45. The number of terminal acetylenes is 1. The lowest BCUT2D eigenvalue weighted by Crippen LogP contribution is -2.33. The largest absolute Gasteiger partial charge is 0.477 e. The van der Waals surface area contributed by atoms with Gasteiger partial charge in [-0.05, 0) is 18.2 Å². The van der Waals surface area contributed by atoms with E-state index in [0.29, 0.717) is 0 Å². The number of allylic oxidation sites excluding steroid dienone is 1. The van der Waals surface area contributed by atoms with Crippen LogP contribution < -0.4 is 16.3 Å². The Morgan fingerprint density at radius 1 is 1.55 bits per heavy atom. The summed E-state index contributed by atoms with van der Waals surface area (Å²) in [6, 6.07) is 1.03. The van der Waals surface area contributed by atoms with E-state index in [1.165, 1.54) is 12.2 Å². The van der Waals surface area contributed by atoms with Crippen LogP contribution in [0.4, 0.5) is 0 Å². The third kappa shape index (κ3) is 4.62. The highest BCUT2D eigenvalue weighted by molar-refractivity contribution is 5.86. The minimum absolute atomic E-state index is 0.0295. The van der Waals surface area contributed by atoms with Crippen LogP contribution in [0, 0.1) is 23.0 Å². The molecule has 0 saturated carbocycles. The highest BCUT2D eigenvalue weighted by Crippen LogP contribution is 1.84. The summed E-state index contributed by atoms with van der Waals surface area (Å²) in [7, 11) is 0. The summed E-state index contributed by atoms with van der Waals surface area (Å²) >= 11 is 0. The second-order valence-electron chi connectivity index (χ2n) is 3.19. The average Bonchev–Trinajstić information content (AvgIpc) is 2.39. The lowest BCUT2D eigenvalue weighted by Gasteiger charge is -1.93. The first-order chi connectivity index (χ1) is 9.45. The van der Waals surface area contributed by atoms with Crippen molar-refractivity contribution in [1.29, 1.82) is 0 Å². The van der Waals surface area contributed by atoms with E-state index in [4.69, 9.17) is 9.52 Å². The maximum absolute atomic E-state index is 11.3. The molecule has 0 radical (unpaired) electrons. The van der Waals surface area contributed by atoms with Gasteiger partial charge in [-0.1, -0.05) is 12.7 Å². The molecule has 1 aromatic heterocycles. The molecule has 7 nitrogen and oxygen atoms in total. The van der Waals surface area contributed by atoms with Gasteiger partial charge < -0.3 is 9.52 Å². The molecule has 7 heteroatoms. The summed E-state index contributed by atoms with van der Waals surface area (Å²) in [6.07, 6.45) is 11.8. The Kier molecular flexibility index (Phi) is 6.78. The summed E-state index contributed by atoms with van der Waals surface area (Å²) in [5.74, 6) is -1.45. The molecule has 1 rings (SSSR count). The van der Waals surface area contributed by atoms with Crippen LogP contribution in [-0.2, 0) is 0 Å². The molecule has 20 heavy (non-hydrogen) atoms. The van der Waals surface area contributed by atoms with Crippen molar-refractivity contribution in [2.24, 2.45) is 0 Å². The maximum atomic E-state index is 11.3. The molecule has 0 aliphatic rings. The van der Waals surface area contributed by atoms with Gasteiger partial charge in [0.2, 0.25) is 6.54 Å². The third-order valence-corrected chi connectivity index (χ3v) is 1.97. The normalized spacial score (nSPS) is 11.3. The Bertz CT molecular complexity index is 711. The molecule has 0 saturated heterocycles. The topological polar surface area (TPSA) is 111 Å². The van der Waals surface area contributed by atoms with Crippen LogP contribution in [0.2, 0.25) is 0 Å². The van der Waals surface area contributed by atoms with E-state index in [2.05, 4.69) is 19.4 Å². The first-order valence-electron chi connectivity index (χ1n) is 5.11. The molecule has 0 unspecified atom stereocenters. The average molecular weight is 277 g/mol. The summed E-state index contributed by atoms with van der Waals surface area (Å²) in [6.45, 7) is 2.89. The molecule has 1 heterocycles. The molecule has 1 aromatic rings. The summed E-state index contributed by atoms with van der Waals surface area (Å²) in [4.78, 5) is 31.7. The van der Waals surface area contributed by atoms with Crippen molar-refractivity contribution in [3.05, 3.63) is 55.5 Å². The number of carbonyl (C=O) groups is 1. The van der Waals surface area contributed by atoms with Gasteiger partial charge in [0.15, 0.2) is 0 Å². The minimum Gasteiger partial charge on any atom is -0.477 e. The maximum Gasteiger partial charge on any atom is 0.351 e. The lowest BCUT2D eigenvalue weighted by atomic mass is 10.2. The molecular weight excluding hydrogens is 266 g/mol. The fourth-order valence-corrected chi connectivity index (χ4v) is 1.22. The monoisotopic (exact) mass is 277 g/mol. The van der Waals surface area contributed by atoms with Crippen molar-refractivity contribution < 1.29 is 19.2 Å². The number of nitro groups is 1. The predicted molar refractivity (Wildman–Crippen MR) is 72.1 cm³/mol. The Morgan fingerprint density at radius 3 is 2.60 bits per heavy atom. The number of carboxylic acid groups (broad SMARTS) is 1. The summed E-state index contributed by atoms with van der Waals surface area (Å²) < 4.78 is 4.76. The van der Waals surface area contributed by atoms with E-state index in [1.54, 1.807) is 0 Å². The van der Waals surface area contributed by atoms with Crippen LogP contribution in [0.5, 0.6) is 0 Å². The lowest BCUT2D eigenvalue weighted by molar-refractivity contribution is -0.464. The molecule has 0 aromatic carbocycles. The number of aromatic carboxylic acids is 1. The zero-order chi connectivity index (χ0) is 15.7. The molecule has 0 bridgehead atoms. The second-order valence-corrected chi connectivity index (χ2v) is 3.19. The number of nitrogens with zero attached hydrogens (tertiary/aromatic N) is 1. The van der Waals surface area contributed by atoms with Crippen molar-refractivity contribution in [3.8, 4) is 12.8 Å². The van der Waals surface area contributed by atoms with Gasteiger partial charge in [0.05, 0.1) is 0 Å². The molecule has 0 aliphatic heterocycles. The molecule has 0 spiro atoms. The van der Waals surface area contributed by atoms with E-state index in [0.717, 1.165) is 12.1 Å². The van der Waals surface area contributed by atoms with Crippen molar-refractivity contribution in [2.75, 3.05) is 6.54 Å². The number of hydrogen-bond donors (Lipinski definition) is 1. The molecular formula is C13H11NO6. The quantitative estimate of drug-likeness (QED) is 0.456. The number of hydrogen-bond acceptors (Lipinski definition) is 5. The van der Waals surface area contributed by atoms with E-state index < -0.39 is 28.6 Å².